The molecular formula is C12H12ClN3O2. The fourth-order valence-corrected chi connectivity index (χ4v) is 1.57. The van der Waals surface area contributed by atoms with Crippen LogP contribution in [-0.2, 0) is 17.1 Å². The first-order chi connectivity index (χ1) is 8.70. The summed E-state index contributed by atoms with van der Waals surface area (Å²) in [6.07, 6.45) is 0.0648. The molecule has 1 aromatic heterocycles. The van der Waals surface area contributed by atoms with E-state index in [2.05, 4.69) is 10.2 Å². The lowest BCUT2D eigenvalue weighted by atomic mass is 10.3. The SMILES string of the molecule is CN(C(=O)Cc1nnc(CCl)o1)c1ccccc1. The van der Waals surface area contributed by atoms with Gasteiger partial charge in [-0.1, -0.05) is 18.2 Å². The van der Waals surface area contributed by atoms with Crippen LogP contribution in [0.3, 0.4) is 0 Å². The summed E-state index contributed by atoms with van der Waals surface area (Å²) in [5.74, 6) is 0.627. The molecule has 0 saturated carbocycles. The number of carbonyl (C=O) groups excluding carboxylic acids is 1. The maximum atomic E-state index is 12.0. The first-order valence-corrected chi connectivity index (χ1v) is 5.93. The summed E-state index contributed by atoms with van der Waals surface area (Å²) in [6.45, 7) is 0. The zero-order valence-corrected chi connectivity index (χ0v) is 10.6. The highest BCUT2D eigenvalue weighted by Crippen LogP contribution is 2.13. The maximum Gasteiger partial charge on any atom is 0.236 e. The molecule has 2 aromatic rings. The Kier molecular flexibility index (Phi) is 3.94. The summed E-state index contributed by atoms with van der Waals surface area (Å²) >= 11 is 5.54. The maximum absolute atomic E-state index is 12.0. The van der Waals surface area contributed by atoms with Crippen molar-refractivity contribution >= 4 is 23.2 Å². The Balaban J connectivity index is 2.04. The molecule has 1 aromatic carbocycles. The summed E-state index contributed by atoms with van der Waals surface area (Å²) in [4.78, 5) is 13.5. The van der Waals surface area contributed by atoms with E-state index in [9.17, 15) is 4.79 Å². The van der Waals surface area contributed by atoms with Crippen molar-refractivity contribution in [3.8, 4) is 0 Å². The van der Waals surface area contributed by atoms with Crippen molar-refractivity contribution in [2.24, 2.45) is 0 Å². The van der Waals surface area contributed by atoms with E-state index in [1.807, 2.05) is 30.3 Å². The van der Waals surface area contributed by atoms with Crippen LogP contribution in [0.5, 0.6) is 0 Å². The van der Waals surface area contributed by atoms with E-state index in [4.69, 9.17) is 16.0 Å². The second-order valence-corrected chi connectivity index (χ2v) is 3.96. The summed E-state index contributed by atoms with van der Waals surface area (Å²) in [6, 6.07) is 9.35. The molecule has 0 unspecified atom stereocenters. The van der Waals surface area contributed by atoms with Gasteiger partial charge in [0.05, 0.1) is 0 Å². The van der Waals surface area contributed by atoms with Crippen molar-refractivity contribution in [3.63, 3.8) is 0 Å². The van der Waals surface area contributed by atoms with E-state index in [1.54, 1.807) is 11.9 Å². The highest BCUT2D eigenvalue weighted by atomic mass is 35.5. The number of hydrogen-bond acceptors (Lipinski definition) is 4. The lowest BCUT2D eigenvalue weighted by molar-refractivity contribution is -0.118. The molecule has 0 N–H and O–H groups in total. The Hall–Kier alpha value is -1.88. The van der Waals surface area contributed by atoms with Gasteiger partial charge in [-0.2, -0.15) is 0 Å². The van der Waals surface area contributed by atoms with Gasteiger partial charge in [0.15, 0.2) is 0 Å². The van der Waals surface area contributed by atoms with Gasteiger partial charge >= 0.3 is 0 Å². The van der Waals surface area contributed by atoms with E-state index in [1.165, 1.54) is 0 Å². The summed E-state index contributed by atoms with van der Waals surface area (Å²) in [5, 5.41) is 7.45. The van der Waals surface area contributed by atoms with Crippen LogP contribution in [0.15, 0.2) is 34.7 Å². The quantitative estimate of drug-likeness (QED) is 0.794. The van der Waals surface area contributed by atoms with Gasteiger partial charge in [0.1, 0.15) is 12.3 Å². The smallest absolute Gasteiger partial charge is 0.236 e. The van der Waals surface area contributed by atoms with Crippen molar-refractivity contribution in [3.05, 3.63) is 42.1 Å². The second-order valence-electron chi connectivity index (χ2n) is 3.69. The van der Waals surface area contributed by atoms with Crippen molar-refractivity contribution in [1.82, 2.24) is 10.2 Å². The highest BCUT2D eigenvalue weighted by Gasteiger charge is 2.15. The van der Waals surface area contributed by atoms with Crippen LogP contribution >= 0.6 is 11.6 Å². The Morgan fingerprint density at radius 2 is 1.94 bits per heavy atom. The fourth-order valence-electron chi connectivity index (χ4n) is 1.46. The molecular weight excluding hydrogens is 254 g/mol. The second kappa shape index (κ2) is 5.64. The van der Waals surface area contributed by atoms with Crippen molar-refractivity contribution in [1.29, 1.82) is 0 Å². The van der Waals surface area contributed by atoms with Crippen LogP contribution in [0.1, 0.15) is 11.8 Å². The van der Waals surface area contributed by atoms with Crippen LogP contribution < -0.4 is 4.90 Å². The van der Waals surface area contributed by atoms with Crippen molar-refractivity contribution < 1.29 is 9.21 Å². The molecule has 5 nitrogen and oxygen atoms in total. The molecule has 0 aliphatic heterocycles. The average molecular weight is 266 g/mol. The minimum absolute atomic E-state index is 0.0648. The number of carbonyl (C=O) groups is 1. The number of amides is 1. The van der Waals surface area contributed by atoms with Gasteiger partial charge < -0.3 is 9.32 Å². The summed E-state index contributed by atoms with van der Waals surface area (Å²) in [7, 11) is 1.70. The van der Waals surface area contributed by atoms with Crippen LogP contribution in [0.2, 0.25) is 0 Å². The van der Waals surface area contributed by atoms with Gasteiger partial charge in [0, 0.05) is 12.7 Å². The number of alkyl halides is 1. The number of rotatable bonds is 4. The standard InChI is InChI=1S/C12H12ClN3O2/c1-16(9-5-3-2-4-6-9)12(17)7-10-14-15-11(8-13)18-10/h2-6H,7-8H2,1H3. The Morgan fingerprint density at radius 1 is 1.28 bits per heavy atom. The third-order valence-corrected chi connectivity index (χ3v) is 2.67. The number of para-hydroxylation sites is 1. The van der Waals surface area contributed by atoms with Crippen LogP contribution in [-0.4, -0.2) is 23.2 Å². The molecule has 0 aliphatic rings. The minimum Gasteiger partial charge on any atom is -0.423 e. The molecule has 0 bridgehead atoms. The van der Waals surface area contributed by atoms with E-state index < -0.39 is 0 Å². The Bertz CT molecular complexity index is 527. The third kappa shape index (κ3) is 2.87. The highest BCUT2D eigenvalue weighted by molar-refractivity contribution is 6.16. The van der Waals surface area contributed by atoms with Gasteiger partial charge in [-0.3, -0.25) is 4.79 Å². The molecule has 2 rings (SSSR count). The number of likely N-dealkylation sites (N-methyl/N-ethyl adjacent to an activating group) is 1. The molecule has 94 valence electrons. The lowest BCUT2D eigenvalue weighted by Gasteiger charge is -2.15. The molecule has 0 spiro atoms. The molecule has 0 fully saturated rings. The van der Waals surface area contributed by atoms with Gasteiger partial charge in [0.25, 0.3) is 0 Å². The molecule has 6 heteroatoms. The van der Waals surface area contributed by atoms with Crippen LogP contribution in [0.25, 0.3) is 0 Å². The third-order valence-electron chi connectivity index (χ3n) is 2.44. The van der Waals surface area contributed by atoms with Crippen molar-refractivity contribution in [2.75, 3.05) is 11.9 Å². The molecule has 0 aliphatic carbocycles. The predicted octanol–water partition coefficient (Wildman–Crippen LogP) is 2.01. The fraction of sp³-hybridized carbons (Fsp3) is 0.250. The number of hydrogen-bond donors (Lipinski definition) is 0. The van der Waals surface area contributed by atoms with E-state index in [0.717, 1.165) is 5.69 Å². The zero-order chi connectivity index (χ0) is 13.0. The van der Waals surface area contributed by atoms with Gasteiger partial charge in [-0.25, -0.2) is 0 Å². The first-order valence-electron chi connectivity index (χ1n) is 5.39. The molecule has 18 heavy (non-hydrogen) atoms. The Morgan fingerprint density at radius 3 is 2.56 bits per heavy atom. The predicted molar refractivity (Wildman–Crippen MR) is 67.4 cm³/mol. The number of anilines is 1. The number of benzene rings is 1. The van der Waals surface area contributed by atoms with Gasteiger partial charge in [0.2, 0.25) is 17.7 Å². The van der Waals surface area contributed by atoms with Gasteiger partial charge in [-0.05, 0) is 12.1 Å². The zero-order valence-electron chi connectivity index (χ0n) is 9.84. The van der Waals surface area contributed by atoms with Gasteiger partial charge in [-0.15, -0.1) is 21.8 Å². The Labute approximate surface area is 109 Å². The summed E-state index contributed by atoms with van der Waals surface area (Å²) < 4.78 is 5.19. The molecule has 1 heterocycles. The molecule has 0 radical (unpaired) electrons. The minimum atomic E-state index is -0.119. The monoisotopic (exact) mass is 265 g/mol. The van der Waals surface area contributed by atoms with E-state index >= 15 is 0 Å². The van der Waals surface area contributed by atoms with Crippen LogP contribution in [0.4, 0.5) is 5.69 Å². The van der Waals surface area contributed by atoms with Crippen molar-refractivity contribution in [2.45, 2.75) is 12.3 Å². The first kappa shape index (κ1) is 12.6. The molecule has 0 atom stereocenters. The topological polar surface area (TPSA) is 59.2 Å². The van der Waals surface area contributed by atoms with E-state index in [-0.39, 0.29) is 24.1 Å². The van der Waals surface area contributed by atoms with Crippen LogP contribution in [0, 0.1) is 0 Å². The largest absolute Gasteiger partial charge is 0.423 e. The summed E-state index contributed by atoms with van der Waals surface area (Å²) in [5.41, 5.74) is 0.819. The normalized spacial score (nSPS) is 10.3. The number of halogens is 1. The van der Waals surface area contributed by atoms with E-state index in [0.29, 0.717) is 5.89 Å². The molecule has 0 saturated heterocycles. The number of nitrogens with zero attached hydrogens (tertiary/aromatic N) is 3. The average Bonchev–Trinajstić information content (AvgIpc) is 2.86. The lowest BCUT2D eigenvalue weighted by Crippen LogP contribution is -2.27. The molecule has 1 amide bonds. The number of aromatic nitrogens is 2.